The van der Waals surface area contributed by atoms with Gasteiger partial charge in [0.25, 0.3) is 0 Å². The molecule has 0 aliphatic heterocycles. The highest BCUT2D eigenvalue weighted by Gasteiger charge is 2.28. The lowest BCUT2D eigenvalue weighted by atomic mass is 9.87. The van der Waals surface area contributed by atoms with Gasteiger partial charge in [0, 0.05) is 29.6 Å². The van der Waals surface area contributed by atoms with Gasteiger partial charge in [0.1, 0.15) is 12.4 Å². The van der Waals surface area contributed by atoms with E-state index >= 15 is 0 Å². The molecule has 37 heavy (non-hydrogen) atoms. The zero-order valence-corrected chi connectivity index (χ0v) is 21.4. The normalized spacial score (nSPS) is 17.4. The van der Waals surface area contributed by atoms with Crippen LogP contribution in [0.25, 0.3) is 6.08 Å². The van der Waals surface area contributed by atoms with Crippen molar-refractivity contribution in [2.75, 3.05) is 18.1 Å². The van der Waals surface area contributed by atoms with Gasteiger partial charge in [-0.05, 0) is 80.9 Å². The predicted octanol–water partition coefficient (Wildman–Crippen LogP) is 5.83. The van der Waals surface area contributed by atoms with Crippen molar-refractivity contribution >= 4 is 29.4 Å². The van der Waals surface area contributed by atoms with Crippen molar-refractivity contribution in [2.24, 2.45) is 5.92 Å². The summed E-state index contributed by atoms with van der Waals surface area (Å²) in [5.41, 5.74) is 14.1. The summed E-state index contributed by atoms with van der Waals surface area (Å²) in [5, 5.41) is 0. The number of nitrogens with two attached hydrogens (primary N) is 2. The van der Waals surface area contributed by atoms with Gasteiger partial charge in [-0.2, -0.15) is 0 Å². The number of carbonyl (C=O) groups is 2. The molecule has 1 aliphatic rings. The topological polar surface area (TPSA) is 114 Å². The van der Waals surface area contributed by atoms with Crippen molar-refractivity contribution in [1.82, 2.24) is 0 Å². The smallest absolute Gasteiger partial charge is 0.331 e. The van der Waals surface area contributed by atoms with Crippen LogP contribution in [0, 0.1) is 5.92 Å². The molecule has 0 spiro atoms. The molecule has 1 aliphatic carbocycles. The molecule has 0 unspecified atom stereocenters. The van der Waals surface area contributed by atoms with Crippen LogP contribution in [-0.2, 0) is 25.7 Å². The van der Waals surface area contributed by atoms with Crippen LogP contribution in [0.15, 0.2) is 61.2 Å². The first-order valence-corrected chi connectivity index (χ1v) is 13.0. The number of carbonyl (C=O) groups excluding carboxylic acids is 2. The van der Waals surface area contributed by atoms with Crippen LogP contribution >= 0.6 is 0 Å². The predicted molar refractivity (Wildman–Crippen MR) is 147 cm³/mol. The fourth-order valence-electron chi connectivity index (χ4n) is 4.24. The molecule has 1 saturated carbocycles. The van der Waals surface area contributed by atoms with Gasteiger partial charge < -0.3 is 25.7 Å². The van der Waals surface area contributed by atoms with E-state index in [1.54, 1.807) is 48.5 Å². The van der Waals surface area contributed by atoms with E-state index in [1.807, 2.05) is 6.08 Å². The standard InChI is InChI=1S/C30H38N2O5/c1-2-3-4-5-6-19-35-26-16-11-23(12-17-26)30(34)37-27-14-7-22(8-15-27)9-18-29(33)36-21-24-10-13-25(31)20-28(24)32/h2,7-10,13-15,18,20,23,26H,1,3-6,11-12,16-17,19,21,31-32H2. The number of esters is 2. The number of unbranched alkanes of at least 4 members (excludes halogenated alkanes) is 3. The van der Waals surface area contributed by atoms with E-state index in [4.69, 9.17) is 25.7 Å². The Balaban J connectivity index is 1.36. The summed E-state index contributed by atoms with van der Waals surface area (Å²) < 4.78 is 16.8. The molecular formula is C30H38N2O5. The second-order valence-electron chi connectivity index (χ2n) is 9.37. The number of ether oxygens (including phenoxy) is 3. The van der Waals surface area contributed by atoms with Crippen LogP contribution in [0.2, 0.25) is 0 Å². The van der Waals surface area contributed by atoms with Gasteiger partial charge in [0.05, 0.1) is 12.0 Å². The number of nitrogen functional groups attached to an aromatic ring is 2. The van der Waals surface area contributed by atoms with Crippen LogP contribution in [0.4, 0.5) is 11.4 Å². The summed E-state index contributed by atoms with van der Waals surface area (Å²) in [6.07, 6.45) is 13.0. The third-order valence-electron chi connectivity index (χ3n) is 6.46. The molecule has 3 rings (SSSR count). The summed E-state index contributed by atoms with van der Waals surface area (Å²) in [7, 11) is 0. The summed E-state index contributed by atoms with van der Waals surface area (Å²) >= 11 is 0. The maximum atomic E-state index is 12.6. The van der Waals surface area contributed by atoms with E-state index in [-0.39, 0.29) is 24.6 Å². The molecule has 7 nitrogen and oxygen atoms in total. The van der Waals surface area contributed by atoms with Gasteiger partial charge in [-0.3, -0.25) is 4.79 Å². The van der Waals surface area contributed by atoms with E-state index in [9.17, 15) is 9.59 Å². The first kappa shape index (κ1) is 28.0. The van der Waals surface area contributed by atoms with Crippen molar-refractivity contribution < 1.29 is 23.8 Å². The molecular weight excluding hydrogens is 468 g/mol. The zero-order valence-electron chi connectivity index (χ0n) is 21.4. The first-order chi connectivity index (χ1) is 17.9. The van der Waals surface area contributed by atoms with Crippen molar-refractivity contribution in [3.05, 3.63) is 72.3 Å². The Morgan fingerprint density at radius 1 is 0.973 bits per heavy atom. The Morgan fingerprint density at radius 2 is 1.73 bits per heavy atom. The molecule has 0 bridgehead atoms. The van der Waals surface area contributed by atoms with Gasteiger partial charge in [0.15, 0.2) is 0 Å². The molecule has 0 aromatic heterocycles. The highest BCUT2D eigenvalue weighted by atomic mass is 16.5. The highest BCUT2D eigenvalue weighted by molar-refractivity contribution is 5.87. The van der Waals surface area contributed by atoms with E-state index < -0.39 is 5.97 Å². The molecule has 0 saturated heterocycles. The average Bonchev–Trinajstić information content (AvgIpc) is 2.90. The molecule has 2 aromatic rings. The molecule has 0 radical (unpaired) electrons. The van der Waals surface area contributed by atoms with Crippen LogP contribution in [0.5, 0.6) is 5.75 Å². The Hall–Kier alpha value is -3.58. The minimum Gasteiger partial charge on any atom is -0.458 e. The van der Waals surface area contributed by atoms with Crippen molar-refractivity contribution in [3.63, 3.8) is 0 Å². The number of hydrogen-bond donors (Lipinski definition) is 2. The monoisotopic (exact) mass is 506 g/mol. The van der Waals surface area contributed by atoms with Crippen LogP contribution in [0.1, 0.15) is 62.5 Å². The number of allylic oxidation sites excluding steroid dienone is 1. The first-order valence-electron chi connectivity index (χ1n) is 13.0. The second-order valence-corrected chi connectivity index (χ2v) is 9.37. The number of anilines is 2. The average molecular weight is 507 g/mol. The SMILES string of the molecule is C=CCCCCCOC1CCC(C(=O)Oc2ccc(C=CC(=O)OCc3ccc(N)cc3N)cc2)CC1. The maximum absolute atomic E-state index is 12.6. The Kier molecular flexibility index (Phi) is 11.2. The number of benzene rings is 2. The van der Waals surface area contributed by atoms with E-state index in [1.165, 1.54) is 6.08 Å². The molecule has 4 N–H and O–H groups in total. The summed E-state index contributed by atoms with van der Waals surface area (Å²) in [4.78, 5) is 24.6. The van der Waals surface area contributed by atoms with Gasteiger partial charge in [-0.1, -0.05) is 30.7 Å². The lowest BCUT2D eigenvalue weighted by Gasteiger charge is -2.27. The molecule has 198 valence electrons. The fraction of sp³-hybridized carbons (Fsp3) is 0.400. The minimum absolute atomic E-state index is 0.0638. The fourth-order valence-corrected chi connectivity index (χ4v) is 4.24. The van der Waals surface area contributed by atoms with Gasteiger partial charge >= 0.3 is 11.9 Å². The zero-order chi connectivity index (χ0) is 26.5. The Labute approximate surface area is 219 Å². The van der Waals surface area contributed by atoms with E-state index in [0.717, 1.165) is 63.5 Å². The van der Waals surface area contributed by atoms with Gasteiger partial charge in [0.2, 0.25) is 0 Å². The van der Waals surface area contributed by atoms with Crippen molar-refractivity contribution in [3.8, 4) is 5.75 Å². The molecule has 2 aromatic carbocycles. The highest BCUT2D eigenvalue weighted by Crippen LogP contribution is 2.28. The van der Waals surface area contributed by atoms with Crippen LogP contribution in [-0.4, -0.2) is 24.6 Å². The van der Waals surface area contributed by atoms with Gasteiger partial charge in [-0.25, -0.2) is 4.79 Å². The third kappa shape index (κ3) is 9.77. The van der Waals surface area contributed by atoms with Gasteiger partial charge in [-0.15, -0.1) is 6.58 Å². The quantitative estimate of drug-likeness (QED) is 0.0876. The number of hydrogen-bond acceptors (Lipinski definition) is 7. The Bertz CT molecular complexity index is 1060. The molecule has 0 heterocycles. The molecule has 0 amide bonds. The summed E-state index contributed by atoms with van der Waals surface area (Å²) in [6, 6.07) is 12.1. The lowest BCUT2D eigenvalue weighted by molar-refractivity contribution is -0.141. The second kappa shape index (κ2) is 14.9. The third-order valence-corrected chi connectivity index (χ3v) is 6.46. The largest absolute Gasteiger partial charge is 0.458 e. The van der Waals surface area contributed by atoms with Crippen LogP contribution < -0.4 is 16.2 Å². The molecule has 7 heteroatoms. The number of rotatable bonds is 13. The van der Waals surface area contributed by atoms with Crippen molar-refractivity contribution in [1.29, 1.82) is 0 Å². The summed E-state index contributed by atoms with van der Waals surface area (Å²) in [5.74, 6) is -0.297. The van der Waals surface area contributed by atoms with E-state index in [2.05, 4.69) is 6.58 Å². The molecule has 1 fully saturated rings. The maximum Gasteiger partial charge on any atom is 0.331 e. The summed E-state index contributed by atoms with van der Waals surface area (Å²) in [6.45, 7) is 4.59. The van der Waals surface area contributed by atoms with Crippen LogP contribution in [0.3, 0.4) is 0 Å². The van der Waals surface area contributed by atoms with Crippen molar-refractivity contribution in [2.45, 2.75) is 64.1 Å². The Morgan fingerprint density at radius 3 is 2.43 bits per heavy atom. The minimum atomic E-state index is -0.487. The van der Waals surface area contributed by atoms with E-state index in [0.29, 0.717) is 22.7 Å². The lowest BCUT2D eigenvalue weighted by Crippen LogP contribution is -2.29. The molecule has 0 atom stereocenters.